The Bertz CT molecular complexity index is 275. The Morgan fingerprint density at radius 2 is 2.36 bits per heavy atom. The van der Waals surface area contributed by atoms with Gasteiger partial charge in [0.1, 0.15) is 5.75 Å². The van der Waals surface area contributed by atoms with Gasteiger partial charge in [-0.1, -0.05) is 6.58 Å². The van der Waals surface area contributed by atoms with E-state index < -0.39 is 0 Å². The molecule has 1 nitrogen and oxygen atoms in total. The maximum atomic E-state index is 5.51. The van der Waals surface area contributed by atoms with E-state index in [1.807, 2.05) is 5.38 Å². The van der Waals surface area contributed by atoms with Crippen molar-refractivity contribution in [3.63, 3.8) is 0 Å². The second-order valence-corrected chi connectivity index (χ2v) is 3.45. The molecule has 58 valence electrons. The quantitative estimate of drug-likeness (QED) is 0.575. The first kappa shape index (κ1) is 6.92. The number of thiophene rings is 1. The van der Waals surface area contributed by atoms with E-state index in [1.54, 1.807) is 11.3 Å². The molecule has 0 radical (unpaired) electrons. The number of ether oxygens (including phenoxy) is 1. The van der Waals surface area contributed by atoms with Gasteiger partial charge in [0.05, 0.1) is 6.61 Å². The van der Waals surface area contributed by atoms with Gasteiger partial charge in [-0.3, -0.25) is 0 Å². The molecular weight excluding hydrogens is 156 g/mol. The molecule has 11 heavy (non-hydrogen) atoms. The zero-order chi connectivity index (χ0) is 7.68. The topological polar surface area (TPSA) is 9.23 Å². The van der Waals surface area contributed by atoms with Crippen LogP contribution in [-0.4, -0.2) is 6.61 Å². The molecule has 0 aromatic carbocycles. The second-order valence-electron chi connectivity index (χ2n) is 2.71. The minimum atomic E-state index is 0.836. The molecule has 0 atom stereocenters. The fourth-order valence-corrected chi connectivity index (χ4v) is 2.06. The maximum Gasteiger partial charge on any atom is 0.137 e. The van der Waals surface area contributed by atoms with Crippen LogP contribution in [0.15, 0.2) is 17.3 Å². The molecule has 0 unspecified atom stereocenters. The molecule has 2 heteroatoms. The predicted octanol–water partition coefficient (Wildman–Crippen LogP) is 2.93. The van der Waals surface area contributed by atoms with E-state index in [4.69, 9.17) is 4.74 Å². The van der Waals surface area contributed by atoms with Crippen molar-refractivity contribution in [1.82, 2.24) is 0 Å². The van der Waals surface area contributed by atoms with Crippen LogP contribution in [0, 0.1) is 0 Å². The zero-order valence-corrected chi connectivity index (χ0v) is 7.12. The van der Waals surface area contributed by atoms with Gasteiger partial charge in [-0.2, -0.15) is 0 Å². The molecule has 2 heterocycles. The van der Waals surface area contributed by atoms with Crippen LogP contribution < -0.4 is 4.74 Å². The summed E-state index contributed by atoms with van der Waals surface area (Å²) in [6, 6.07) is 0. The Kier molecular flexibility index (Phi) is 1.70. The van der Waals surface area contributed by atoms with Crippen molar-refractivity contribution < 1.29 is 4.74 Å². The van der Waals surface area contributed by atoms with Crippen LogP contribution in [0.4, 0.5) is 0 Å². The lowest BCUT2D eigenvalue weighted by Crippen LogP contribution is -1.92. The Morgan fingerprint density at radius 1 is 1.45 bits per heavy atom. The van der Waals surface area contributed by atoms with Crippen molar-refractivity contribution in [3.8, 4) is 5.75 Å². The molecule has 2 rings (SSSR count). The van der Waals surface area contributed by atoms with Gasteiger partial charge in [0, 0.05) is 16.3 Å². The second kappa shape index (κ2) is 2.70. The number of hydrogen-bond donors (Lipinski definition) is 0. The largest absolute Gasteiger partial charge is 0.492 e. The van der Waals surface area contributed by atoms with E-state index in [0.717, 1.165) is 25.2 Å². The minimum absolute atomic E-state index is 0.836. The summed E-state index contributed by atoms with van der Waals surface area (Å²) in [6.45, 7) is 4.85. The first-order valence-corrected chi connectivity index (χ1v) is 4.69. The summed E-state index contributed by atoms with van der Waals surface area (Å²) in [6.07, 6.45) is 2.17. The van der Waals surface area contributed by atoms with E-state index in [-0.39, 0.29) is 0 Å². The lowest BCUT2D eigenvalue weighted by Gasteiger charge is -1.99. The molecular formula is C9H10OS. The van der Waals surface area contributed by atoms with Crippen molar-refractivity contribution in [2.75, 3.05) is 6.61 Å². The zero-order valence-electron chi connectivity index (χ0n) is 6.30. The van der Waals surface area contributed by atoms with Gasteiger partial charge < -0.3 is 4.74 Å². The van der Waals surface area contributed by atoms with Crippen LogP contribution in [0.2, 0.25) is 0 Å². The van der Waals surface area contributed by atoms with Crippen LogP contribution in [0.5, 0.6) is 5.75 Å². The Labute approximate surface area is 70.3 Å². The van der Waals surface area contributed by atoms with Crippen molar-refractivity contribution in [2.45, 2.75) is 12.8 Å². The predicted molar refractivity (Wildman–Crippen MR) is 48.1 cm³/mol. The molecule has 0 aliphatic carbocycles. The highest BCUT2D eigenvalue weighted by Gasteiger charge is 2.11. The van der Waals surface area contributed by atoms with Crippen LogP contribution in [0.25, 0.3) is 5.57 Å². The summed E-state index contributed by atoms with van der Waals surface area (Å²) < 4.78 is 5.51. The monoisotopic (exact) mass is 166 g/mol. The summed E-state index contributed by atoms with van der Waals surface area (Å²) in [5.74, 6) is 1.03. The normalized spacial score (nSPS) is 16.9. The molecule has 0 N–H and O–H groups in total. The molecule has 0 saturated carbocycles. The van der Waals surface area contributed by atoms with Crippen molar-refractivity contribution in [3.05, 3.63) is 22.9 Å². The first-order valence-electron chi connectivity index (χ1n) is 3.75. The molecule has 1 aromatic rings. The summed E-state index contributed by atoms with van der Waals surface area (Å²) in [5, 5.41) is 4.16. The number of hydrogen-bond acceptors (Lipinski definition) is 2. The lowest BCUT2D eigenvalue weighted by molar-refractivity contribution is 0.319. The molecule has 0 bridgehead atoms. The van der Waals surface area contributed by atoms with E-state index in [9.17, 15) is 0 Å². The third-order valence-electron chi connectivity index (χ3n) is 1.89. The third kappa shape index (κ3) is 1.18. The summed E-state index contributed by atoms with van der Waals surface area (Å²) >= 11 is 1.68. The lowest BCUT2D eigenvalue weighted by atomic mass is 10.1. The van der Waals surface area contributed by atoms with E-state index >= 15 is 0 Å². The van der Waals surface area contributed by atoms with Crippen molar-refractivity contribution >= 4 is 16.9 Å². The van der Waals surface area contributed by atoms with Crippen LogP contribution >= 0.6 is 11.3 Å². The van der Waals surface area contributed by atoms with Gasteiger partial charge in [0.2, 0.25) is 0 Å². The smallest absolute Gasteiger partial charge is 0.137 e. The van der Waals surface area contributed by atoms with Gasteiger partial charge in [-0.25, -0.2) is 0 Å². The third-order valence-corrected chi connectivity index (χ3v) is 2.61. The standard InChI is InChI=1S/C9H10OS/c1-7-3-2-4-10-9-6-11-5-8(7)9/h5-6H,1-4H2. The molecule has 0 saturated heterocycles. The van der Waals surface area contributed by atoms with E-state index in [2.05, 4.69) is 12.0 Å². The number of allylic oxidation sites excluding steroid dienone is 1. The van der Waals surface area contributed by atoms with Crippen molar-refractivity contribution in [1.29, 1.82) is 0 Å². The average Bonchev–Trinajstić information content (AvgIpc) is 2.40. The summed E-state index contributed by atoms with van der Waals surface area (Å²) in [5.41, 5.74) is 2.44. The first-order chi connectivity index (χ1) is 5.38. The van der Waals surface area contributed by atoms with E-state index in [0.29, 0.717) is 0 Å². The van der Waals surface area contributed by atoms with Gasteiger partial charge in [-0.05, 0) is 18.4 Å². The van der Waals surface area contributed by atoms with Gasteiger partial charge in [-0.15, -0.1) is 11.3 Å². The fourth-order valence-electron chi connectivity index (χ4n) is 1.26. The Hall–Kier alpha value is -0.760. The molecule has 1 aliphatic rings. The van der Waals surface area contributed by atoms with Crippen LogP contribution in [0.3, 0.4) is 0 Å². The SMILES string of the molecule is C=C1CCCOc2cscc21. The molecule has 0 spiro atoms. The average molecular weight is 166 g/mol. The Morgan fingerprint density at radius 3 is 3.27 bits per heavy atom. The van der Waals surface area contributed by atoms with Gasteiger partial charge in [0.15, 0.2) is 0 Å². The number of rotatable bonds is 0. The molecule has 0 fully saturated rings. The molecule has 1 aliphatic heterocycles. The maximum absolute atomic E-state index is 5.51. The summed E-state index contributed by atoms with van der Waals surface area (Å²) in [4.78, 5) is 0. The fraction of sp³-hybridized carbons (Fsp3) is 0.333. The highest BCUT2D eigenvalue weighted by Crippen LogP contribution is 2.33. The van der Waals surface area contributed by atoms with Crippen molar-refractivity contribution in [2.24, 2.45) is 0 Å². The molecule has 0 amide bonds. The minimum Gasteiger partial charge on any atom is -0.492 e. The van der Waals surface area contributed by atoms with Gasteiger partial charge >= 0.3 is 0 Å². The number of fused-ring (bicyclic) bond motifs is 1. The highest BCUT2D eigenvalue weighted by molar-refractivity contribution is 7.08. The van der Waals surface area contributed by atoms with Crippen LogP contribution in [0.1, 0.15) is 18.4 Å². The highest BCUT2D eigenvalue weighted by atomic mass is 32.1. The Balaban J connectivity index is 2.41. The van der Waals surface area contributed by atoms with Gasteiger partial charge in [0.25, 0.3) is 0 Å². The van der Waals surface area contributed by atoms with E-state index in [1.165, 1.54) is 11.1 Å². The summed E-state index contributed by atoms with van der Waals surface area (Å²) in [7, 11) is 0. The molecule has 1 aromatic heterocycles. The van der Waals surface area contributed by atoms with Crippen LogP contribution in [-0.2, 0) is 0 Å².